The van der Waals surface area contributed by atoms with Gasteiger partial charge in [-0.25, -0.2) is 0 Å². The van der Waals surface area contributed by atoms with Crippen LogP contribution in [-0.4, -0.2) is 31.1 Å². The molecule has 1 aliphatic heterocycles. The second-order valence-corrected chi connectivity index (χ2v) is 6.61. The lowest BCUT2D eigenvalue weighted by molar-refractivity contribution is -0.0440. The zero-order valence-corrected chi connectivity index (χ0v) is 13.1. The quantitative estimate of drug-likeness (QED) is 0.868. The van der Waals surface area contributed by atoms with Gasteiger partial charge in [0.1, 0.15) is 17.6 Å². The number of hydrogen-bond donors (Lipinski definition) is 0. The summed E-state index contributed by atoms with van der Waals surface area (Å²) in [6.45, 7) is 5.92. The predicted molar refractivity (Wildman–Crippen MR) is 85.9 cm³/mol. The third kappa shape index (κ3) is 2.83. The van der Waals surface area contributed by atoms with Crippen LogP contribution in [-0.2, 0) is 17.6 Å². The number of aryl methyl sites for hydroxylation is 1. The van der Waals surface area contributed by atoms with Crippen LogP contribution >= 0.6 is 0 Å². The highest BCUT2D eigenvalue weighted by Crippen LogP contribution is 2.29. The third-order valence-electron chi connectivity index (χ3n) is 4.88. The van der Waals surface area contributed by atoms with E-state index in [1.807, 2.05) is 13.0 Å². The van der Waals surface area contributed by atoms with Gasteiger partial charge in [-0.3, -0.25) is 4.90 Å². The lowest BCUT2D eigenvalue weighted by atomic mass is 10.0. The Bertz CT molecular complexity index is 623. The highest BCUT2D eigenvalue weighted by molar-refractivity contribution is 5.32. The number of morpholine rings is 1. The first kappa shape index (κ1) is 14.0. The van der Waals surface area contributed by atoms with Crippen LogP contribution in [0.3, 0.4) is 0 Å². The van der Waals surface area contributed by atoms with Gasteiger partial charge in [0.25, 0.3) is 0 Å². The molecule has 2 aliphatic rings. The highest BCUT2D eigenvalue weighted by Gasteiger charge is 2.28. The molecule has 3 heteroatoms. The monoisotopic (exact) mass is 297 g/mol. The summed E-state index contributed by atoms with van der Waals surface area (Å²) < 4.78 is 11.6. The van der Waals surface area contributed by atoms with Crippen molar-refractivity contribution in [3.63, 3.8) is 0 Å². The molecule has 1 fully saturated rings. The van der Waals surface area contributed by atoms with Crippen molar-refractivity contribution >= 4 is 0 Å². The van der Waals surface area contributed by atoms with E-state index in [4.69, 9.17) is 9.15 Å². The van der Waals surface area contributed by atoms with E-state index in [2.05, 4.69) is 35.2 Å². The van der Waals surface area contributed by atoms with Crippen molar-refractivity contribution in [2.75, 3.05) is 26.2 Å². The summed E-state index contributed by atoms with van der Waals surface area (Å²) >= 11 is 0. The van der Waals surface area contributed by atoms with Gasteiger partial charge in [-0.05, 0) is 48.9 Å². The van der Waals surface area contributed by atoms with Crippen molar-refractivity contribution in [1.82, 2.24) is 4.90 Å². The first-order valence-electron chi connectivity index (χ1n) is 8.25. The van der Waals surface area contributed by atoms with Gasteiger partial charge < -0.3 is 9.15 Å². The molecule has 4 rings (SSSR count). The minimum atomic E-state index is 0.0891. The lowest BCUT2D eigenvalue weighted by Crippen LogP contribution is -2.41. The largest absolute Gasteiger partial charge is 0.464 e. The first-order chi connectivity index (χ1) is 10.8. The van der Waals surface area contributed by atoms with Crippen LogP contribution in [0.15, 0.2) is 40.8 Å². The first-order valence-corrected chi connectivity index (χ1v) is 8.25. The fourth-order valence-corrected chi connectivity index (χ4v) is 3.81. The van der Waals surface area contributed by atoms with Crippen LogP contribution in [0, 0.1) is 12.8 Å². The number of benzene rings is 1. The van der Waals surface area contributed by atoms with Gasteiger partial charge >= 0.3 is 0 Å². The van der Waals surface area contributed by atoms with Crippen LogP contribution in [0.4, 0.5) is 0 Å². The normalized spacial score (nSPS) is 22.9. The van der Waals surface area contributed by atoms with E-state index in [1.165, 1.54) is 12.8 Å². The lowest BCUT2D eigenvalue weighted by Gasteiger charge is -2.33. The summed E-state index contributed by atoms with van der Waals surface area (Å²) in [5.74, 6) is 2.67. The smallest absolute Gasteiger partial charge is 0.134 e. The van der Waals surface area contributed by atoms with Crippen molar-refractivity contribution in [3.8, 4) is 0 Å². The van der Waals surface area contributed by atoms with E-state index in [1.54, 1.807) is 11.1 Å². The Morgan fingerprint density at radius 2 is 1.86 bits per heavy atom. The van der Waals surface area contributed by atoms with Gasteiger partial charge in [0.15, 0.2) is 0 Å². The molecule has 0 bridgehead atoms. The van der Waals surface area contributed by atoms with Crippen LogP contribution < -0.4 is 0 Å². The van der Waals surface area contributed by atoms with E-state index in [9.17, 15) is 0 Å². The van der Waals surface area contributed by atoms with Gasteiger partial charge in [0.05, 0.1) is 6.61 Å². The van der Waals surface area contributed by atoms with Crippen molar-refractivity contribution in [2.45, 2.75) is 25.9 Å². The second kappa shape index (κ2) is 5.90. The summed E-state index contributed by atoms with van der Waals surface area (Å²) in [6, 6.07) is 12.9. The van der Waals surface area contributed by atoms with Crippen LogP contribution in [0.2, 0.25) is 0 Å². The van der Waals surface area contributed by atoms with E-state index in [0.29, 0.717) is 0 Å². The highest BCUT2D eigenvalue weighted by atomic mass is 16.5. The van der Waals surface area contributed by atoms with Crippen LogP contribution in [0.1, 0.15) is 28.8 Å². The van der Waals surface area contributed by atoms with Gasteiger partial charge in [0, 0.05) is 19.6 Å². The fraction of sp³-hybridized carbons (Fsp3) is 0.474. The van der Waals surface area contributed by atoms with Crippen LogP contribution in [0.25, 0.3) is 0 Å². The minimum absolute atomic E-state index is 0.0891. The maximum absolute atomic E-state index is 5.90. The van der Waals surface area contributed by atoms with Crippen molar-refractivity contribution in [1.29, 1.82) is 0 Å². The molecule has 1 atom stereocenters. The number of ether oxygens (including phenoxy) is 1. The number of hydrogen-bond acceptors (Lipinski definition) is 3. The molecule has 3 nitrogen and oxygen atoms in total. The Labute approximate surface area is 131 Å². The Kier molecular flexibility index (Phi) is 3.77. The molecule has 22 heavy (non-hydrogen) atoms. The van der Waals surface area contributed by atoms with E-state index in [-0.39, 0.29) is 6.10 Å². The van der Waals surface area contributed by atoms with E-state index < -0.39 is 0 Å². The van der Waals surface area contributed by atoms with Gasteiger partial charge in [-0.15, -0.1) is 0 Å². The van der Waals surface area contributed by atoms with Crippen molar-refractivity contribution in [2.24, 2.45) is 5.92 Å². The maximum Gasteiger partial charge on any atom is 0.134 e. The molecule has 2 heterocycles. The molecule has 2 aromatic rings. The SMILES string of the molecule is Cc1ccc(C2CN(CC3Cc4ccccc4C3)CCO2)o1. The molecule has 0 amide bonds. The average molecular weight is 297 g/mol. The molecule has 0 spiro atoms. The van der Waals surface area contributed by atoms with Gasteiger partial charge in [-0.1, -0.05) is 24.3 Å². The molecule has 1 aromatic heterocycles. The number of fused-ring (bicyclic) bond motifs is 1. The predicted octanol–water partition coefficient (Wildman–Crippen LogP) is 3.38. The summed E-state index contributed by atoms with van der Waals surface area (Å²) in [6.07, 6.45) is 2.53. The summed E-state index contributed by atoms with van der Waals surface area (Å²) in [7, 11) is 0. The zero-order valence-electron chi connectivity index (χ0n) is 13.1. The Hall–Kier alpha value is -1.58. The Morgan fingerprint density at radius 3 is 2.55 bits per heavy atom. The standard InChI is InChI=1S/C19H23NO2/c1-14-6-7-18(22-14)19-13-20(8-9-21-19)12-15-10-16-4-2-3-5-17(16)11-15/h2-7,15,19H,8-13H2,1H3. The van der Waals surface area contributed by atoms with Crippen LogP contribution in [0.5, 0.6) is 0 Å². The van der Waals surface area contributed by atoms with Gasteiger partial charge in [-0.2, -0.15) is 0 Å². The van der Waals surface area contributed by atoms with E-state index >= 15 is 0 Å². The van der Waals surface area contributed by atoms with Crippen molar-refractivity contribution < 1.29 is 9.15 Å². The van der Waals surface area contributed by atoms with E-state index in [0.717, 1.165) is 43.7 Å². The number of rotatable bonds is 3. The molecule has 1 aromatic carbocycles. The number of nitrogens with zero attached hydrogens (tertiary/aromatic N) is 1. The summed E-state index contributed by atoms with van der Waals surface area (Å²) in [5.41, 5.74) is 3.08. The molecule has 1 aliphatic carbocycles. The molecule has 0 saturated carbocycles. The molecule has 0 radical (unpaired) electrons. The molecular formula is C19H23NO2. The second-order valence-electron chi connectivity index (χ2n) is 6.61. The Balaban J connectivity index is 1.38. The summed E-state index contributed by atoms with van der Waals surface area (Å²) in [5, 5.41) is 0. The minimum Gasteiger partial charge on any atom is -0.464 e. The third-order valence-corrected chi connectivity index (χ3v) is 4.88. The number of furan rings is 1. The summed E-state index contributed by atoms with van der Waals surface area (Å²) in [4.78, 5) is 2.54. The molecular weight excluding hydrogens is 274 g/mol. The molecule has 0 N–H and O–H groups in total. The van der Waals surface area contributed by atoms with Crippen molar-refractivity contribution in [3.05, 3.63) is 59.0 Å². The topological polar surface area (TPSA) is 25.6 Å². The molecule has 1 saturated heterocycles. The average Bonchev–Trinajstić information content (AvgIpc) is 3.13. The molecule has 1 unspecified atom stereocenters. The Morgan fingerprint density at radius 1 is 1.09 bits per heavy atom. The molecule has 116 valence electrons. The maximum atomic E-state index is 5.90. The fourth-order valence-electron chi connectivity index (χ4n) is 3.81. The zero-order chi connectivity index (χ0) is 14.9. The van der Waals surface area contributed by atoms with Gasteiger partial charge in [0.2, 0.25) is 0 Å².